The van der Waals surface area contributed by atoms with Crippen molar-refractivity contribution in [2.75, 3.05) is 33.8 Å². The topological polar surface area (TPSA) is 63.0 Å². The molecule has 4 atom stereocenters. The minimum atomic E-state index is 0.0248. The number of hydrogen-bond acceptors (Lipinski definition) is 5. The molecule has 1 saturated heterocycles. The quantitative estimate of drug-likeness (QED) is 0.790. The number of nitrogens with zero attached hydrogens (tertiary/aromatic N) is 5. The van der Waals surface area contributed by atoms with Crippen molar-refractivity contribution in [3.63, 3.8) is 0 Å². The summed E-state index contributed by atoms with van der Waals surface area (Å²) in [7, 11) is 4.31. The van der Waals surface area contributed by atoms with Gasteiger partial charge in [0.15, 0.2) is 11.3 Å². The second-order valence-electron chi connectivity index (χ2n) is 9.00. The molecule has 0 spiro atoms. The second kappa shape index (κ2) is 7.12. The van der Waals surface area contributed by atoms with Gasteiger partial charge >= 0.3 is 0 Å². The molecule has 28 heavy (non-hydrogen) atoms. The van der Waals surface area contributed by atoms with E-state index in [2.05, 4.69) is 29.1 Å². The fourth-order valence-corrected chi connectivity index (χ4v) is 4.92. The van der Waals surface area contributed by atoms with Crippen LogP contribution in [0.25, 0.3) is 5.65 Å². The van der Waals surface area contributed by atoms with Crippen LogP contribution in [0, 0.1) is 17.8 Å². The summed E-state index contributed by atoms with van der Waals surface area (Å²) in [5, 5.41) is 4.42. The molecule has 150 valence electrons. The zero-order valence-electron chi connectivity index (χ0n) is 16.7. The van der Waals surface area contributed by atoms with Crippen molar-refractivity contribution in [3.05, 3.63) is 30.2 Å². The molecule has 7 nitrogen and oxygen atoms in total. The first kappa shape index (κ1) is 18.1. The Morgan fingerprint density at radius 2 is 2.04 bits per heavy atom. The van der Waals surface area contributed by atoms with E-state index in [-0.39, 0.29) is 12.0 Å². The third-order valence-corrected chi connectivity index (χ3v) is 6.73. The van der Waals surface area contributed by atoms with Crippen molar-refractivity contribution >= 4 is 11.6 Å². The van der Waals surface area contributed by atoms with Gasteiger partial charge in [-0.1, -0.05) is 0 Å². The van der Waals surface area contributed by atoms with Gasteiger partial charge in [0.05, 0.1) is 6.10 Å². The highest BCUT2D eigenvalue weighted by Gasteiger charge is 2.45. The molecule has 3 fully saturated rings. The summed E-state index contributed by atoms with van der Waals surface area (Å²) in [6.07, 6.45) is 8.63. The van der Waals surface area contributed by atoms with E-state index in [1.54, 1.807) is 16.8 Å². The Balaban J connectivity index is 1.28. The molecular formula is C21H29N5O2. The number of carbonyl (C=O) groups is 1. The Kier molecular flexibility index (Phi) is 4.59. The third-order valence-electron chi connectivity index (χ3n) is 6.73. The van der Waals surface area contributed by atoms with Gasteiger partial charge in [-0.15, -0.1) is 0 Å². The molecule has 0 bridgehead atoms. The van der Waals surface area contributed by atoms with E-state index < -0.39 is 0 Å². The molecular weight excluding hydrogens is 354 g/mol. The van der Waals surface area contributed by atoms with E-state index >= 15 is 0 Å². The summed E-state index contributed by atoms with van der Waals surface area (Å²) in [6, 6.07) is 4.05. The van der Waals surface area contributed by atoms with Crippen LogP contribution in [-0.4, -0.2) is 76.2 Å². The summed E-state index contributed by atoms with van der Waals surface area (Å²) < 4.78 is 8.01. The monoisotopic (exact) mass is 383 g/mol. The van der Waals surface area contributed by atoms with Crippen LogP contribution in [0.5, 0.6) is 0 Å². The van der Waals surface area contributed by atoms with Gasteiger partial charge < -0.3 is 14.5 Å². The fraction of sp³-hybridized carbons (Fsp3) is 0.667. The van der Waals surface area contributed by atoms with Crippen LogP contribution < -0.4 is 0 Å². The first-order valence-electron chi connectivity index (χ1n) is 10.5. The third kappa shape index (κ3) is 3.42. The molecule has 0 radical (unpaired) electrons. The Bertz CT molecular complexity index is 828. The van der Waals surface area contributed by atoms with Gasteiger partial charge in [0.25, 0.3) is 5.91 Å². The van der Waals surface area contributed by atoms with Crippen molar-refractivity contribution in [1.29, 1.82) is 0 Å². The molecule has 3 heterocycles. The SMILES string of the molecule is CN(C)[C@@H]1C[C@@H]2CN(C(=O)c3cc4ncccn4n3)C[C@@H]2C[C@H]1OCC1CC1. The lowest BCUT2D eigenvalue weighted by atomic mass is 9.77. The molecule has 7 heteroatoms. The van der Waals surface area contributed by atoms with Crippen LogP contribution in [0.1, 0.15) is 36.2 Å². The van der Waals surface area contributed by atoms with Crippen LogP contribution in [0.2, 0.25) is 0 Å². The van der Waals surface area contributed by atoms with Gasteiger partial charge in [0.1, 0.15) is 0 Å². The number of amides is 1. The van der Waals surface area contributed by atoms with Crippen molar-refractivity contribution in [2.24, 2.45) is 17.8 Å². The van der Waals surface area contributed by atoms with Crippen molar-refractivity contribution in [3.8, 4) is 0 Å². The van der Waals surface area contributed by atoms with E-state index in [4.69, 9.17) is 4.74 Å². The summed E-state index contributed by atoms with van der Waals surface area (Å²) in [4.78, 5) is 21.6. The number of hydrogen-bond donors (Lipinski definition) is 0. The van der Waals surface area contributed by atoms with Crippen LogP contribution >= 0.6 is 0 Å². The van der Waals surface area contributed by atoms with Gasteiger partial charge in [0, 0.05) is 44.2 Å². The first-order chi connectivity index (χ1) is 13.6. The van der Waals surface area contributed by atoms with Crippen LogP contribution in [0.4, 0.5) is 0 Å². The summed E-state index contributed by atoms with van der Waals surface area (Å²) in [5.74, 6) is 1.88. The largest absolute Gasteiger partial charge is 0.376 e. The maximum absolute atomic E-state index is 13.1. The highest BCUT2D eigenvalue weighted by molar-refractivity contribution is 5.93. The maximum Gasteiger partial charge on any atom is 0.274 e. The standard InChI is InChI=1S/C21H29N5O2/c1-24(2)18-8-15-11-25(12-16(15)9-19(18)28-13-14-4-5-14)21(27)17-10-20-22-6-3-7-26(20)23-17/h3,6-7,10,14-16,18-19H,4-5,8-9,11-13H2,1-2H3/t15-,16+,18-,19-/m1/s1. The molecule has 5 rings (SSSR count). The average Bonchev–Trinajstić information content (AvgIpc) is 3.26. The molecule has 2 aromatic heterocycles. The van der Waals surface area contributed by atoms with Gasteiger partial charge in [0.2, 0.25) is 0 Å². The normalized spacial score (nSPS) is 30.2. The first-order valence-corrected chi connectivity index (χ1v) is 10.5. The van der Waals surface area contributed by atoms with Crippen molar-refractivity contribution < 1.29 is 9.53 Å². The molecule has 1 amide bonds. The van der Waals surface area contributed by atoms with Crippen molar-refractivity contribution in [1.82, 2.24) is 24.4 Å². The summed E-state index contributed by atoms with van der Waals surface area (Å²) in [6.45, 7) is 2.54. The lowest BCUT2D eigenvalue weighted by Gasteiger charge is -2.41. The lowest BCUT2D eigenvalue weighted by Crippen LogP contribution is -2.48. The number of likely N-dealkylation sites (tertiary alicyclic amines) is 1. The molecule has 2 saturated carbocycles. The highest BCUT2D eigenvalue weighted by Crippen LogP contribution is 2.40. The van der Waals surface area contributed by atoms with E-state index in [0.717, 1.165) is 38.5 Å². The zero-order chi connectivity index (χ0) is 19.3. The second-order valence-corrected chi connectivity index (χ2v) is 9.00. The molecule has 0 aromatic carbocycles. The van der Waals surface area contributed by atoms with E-state index in [0.29, 0.717) is 29.2 Å². The van der Waals surface area contributed by atoms with E-state index in [1.807, 2.05) is 17.2 Å². The Labute approximate surface area is 165 Å². The number of likely N-dealkylation sites (N-methyl/N-ethyl adjacent to an activating group) is 1. The zero-order valence-corrected chi connectivity index (χ0v) is 16.7. The Morgan fingerprint density at radius 1 is 1.25 bits per heavy atom. The van der Waals surface area contributed by atoms with Crippen LogP contribution in [-0.2, 0) is 4.74 Å². The number of fused-ring (bicyclic) bond motifs is 2. The summed E-state index contributed by atoms with van der Waals surface area (Å²) >= 11 is 0. The molecule has 0 N–H and O–H groups in total. The van der Waals surface area contributed by atoms with E-state index in [1.165, 1.54) is 12.8 Å². The van der Waals surface area contributed by atoms with Crippen LogP contribution in [0.15, 0.2) is 24.5 Å². The minimum Gasteiger partial charge on any atom is -0.376 e. The molecule has 0 unspecified atom stereocenters. The maximum atomic E-state index is 13.1. The molecule has 2 aromatic rings. The molecule has 3 aliphatic rings. The number of ether oxygens (including phenoxy) is 1. The van der Waals surface area contributed by atoms with Gasteiger partial charge in [-0.05, 0) is 63.6 Å². The predicted molar refractivity (Wildman–Crippen MR) is 105 cm³/mol. The highest BCUT2D eigenvalue weighted by atomic mass is 16.5. The van der Waals surface area contributed by atoms with Gasteiger partial charge in [-0.3, -0.25) is 4.79 Å². The minimum absolute atomic E-state index is 0.0248. The molecule has 2 aliphatic carbocycles. The fourth-order valence-electron chi connectivity index (χ4n) is 4.92. The van der Waals surface area contributed by atoms with Gasteiger partial charge in [-0.2, -0.15) is 5.10 Å². The smallest absolute Gasteiger partial charge is 0.274 e. The van der Waals surface area contributed by atoms with Crippen LogP contribution in [0.3, 0.4) is 0 Å². The summed E-state index contributed by atoms with van der Waals surface area (Å²) in [5.41, 5.74) is 1.20. The Morgan fingerprint density at radius 3 is 2.75 bits per heavy atom. The lowest BCUT2D eigenvalue weighted by molar-refractivity contribution is -0.0493. The van der Waals surface area contributed by atoms with E-state index in [9.17, 15) is 4.79 Å². The average molecular weight is 383 g/mol. The molecule has 1 aliphatic heterocycles. The van der Waals surface area contributed by atoms with Gasteiger partial charge in [-0.25, -0.2) is 9.50 Å². The number of carbonyl (C=O) groups excluding carboxylic acids is 1. The number of aromatic nitrogens is 3. The Hall–Kier alpha value is -1.99. The van der Waals surface area contributed by atoms with Crippen molar-refractivity contribution in [2.45, 2.75) is 37.8 Å². The predicted octanol–water partition coefficient (Wildman–Crippen LogP) is 1.94. The number of rotatable bonds is 5.